The van der Waals surface area contributed by atoms with Crippen LogP contribution in [-0.2, 0) is 0 Å². The molecule has 0 unspecified atom stereocenters. The predicted octanol–water partition coefficient (Wildman–Crippen LogP) is 3.13. The van der Waals surface area contributed by atoms with Crippen LogP contribution in [0.5, 0.6) is 5.75 Å². The summed E-state index contributed by atoms with van der Waals surface area (Å²) in [5, 5.41) is 9.28. The van der Waals surface area contributed by atoms with E-state index in [1.807, 2.05) is 19.9 Å². The Kier molecular flexibility index (Phi) is 2.25. The molecule has 0 aliphatic heterocycles. The Balaban J connectivity index is 2.52. The number of phenolic OH excluding ortho intramolecular Hbond substituents is 1. The summed E-state index contributed by atoms with van der Waals surface area (Å²) >= 11 is 1.49. The zero-order valence-electron chi connectivity index (χ0n) is 8.11. The van der Waals surface area contributed by atoms with Crippen molar-refractivity contribution in [2.75, 3.05) is 0 Å². The summed E-state index contributed by atoms with van der Waals surface area (Å²) in [6.07, 6.45) is 0. The Hall–Kier alpha value is -1.35. The van der Waals surface area contributed by atoms with Crippen LogP contribution in [0.1, 0.15) is 11.3 Å². The average molecular weight is 205 g/mol. The number of rotatable bonds is 1. The van der Waals surface area contributed by atoms with Gasteiger partial charge in [0.2, 0.25) is 0 Å². The first kappa shape index (κ1) is 9.21. The molecule has 3 heteroatoms. The van der Waals surface area contributed by atoms with Crippen LogP contribution in [0.2, 0.25) is 0 Å². The van der Waals surface area contributed by atoms with Crippen molar-refractivity contribution < 1.29 is 5.11 Å². The Bertz CT molecular complexity index is 462. The van der Waals surface area contributed by atoms with E-state index in [2.05, 4.69) is 10.4 Å². The fourth-order valence-corrected chi connectivity index (χ4v) is 2.26. The SMILES string of the molecule is Cc1cc(-c2ccc(O)cc2C)sn1. The van der Waals surface area contributed by atoms with E-state index in [-0.39, 0.29) is 0 Å². The molecule has 0 bridgehead atoms. The van der Waals surface area contributed by atoms with E-state index < -0.39 is 0 Å². The summed E-state index contributed by atoms with van der Waals surface area (Å²) < 4.78 is 4.24. The molecule has 1 aromatic heterocycles. The summed E-state index contributed by atoms with van der Waals surface area (Å²) in [5.41, 5.74) is 3.26. The highest BCUT2D eigenvalue weighted by atomic mass is 32.1. The summed E-state index contributed by atoms with van der Waals surface area (Å²) in [6.45, 7) is 3.97. The van der Waals surface area contributed by atoms with Gasteiger partial charge in [-0.05, 0) is 60.8 Å². The van der Waals surface area contributed by atoms with Crippen molar-refractivity contribution in [2.45, 2.75) is 13.8 Å². The fourth-order valence-electron chi connectivity index (χ4n) is 1.41. The molecule has 2 rings (SSSR count). The van der Waals surface area contributed by atoms with Crippen molar-refractivity contribution in [3.05, 3.63) is 35.5 Å². The van der Waals surface area contributed by atoms with Crippen LogP contribution in [0.3, 0.4) is 0 Å². The molecule has 0 radical (unpaired) electrons. The second-order valence-corrected chi connectivity index (χ2v) is 4.14. The summed E-state index contributed by atoms with van der Waals surface area (Å²) in [6, 6.07) is 7.46. The number of aromatic hydroxyl groups is 1. The number of hydrogen-bond donors (Lipinski definition) is 1. The Labute approximate surface area is 87.0 Å². The van der Waals surface area contributed by atoms with Crippen molar-refractivity contribution in [2.24, 2.45) is 0 Å². The van der Waals surface area contributed by atoms with Crippen LogP contribution >= 0.6 is 11.5 Å². The van der Waals surface area contributed by atoms with Gasteiger partial charge in [0.25, 0.3) is 0 Å². The first-order chi connectivity index (χ1) is 6.66. The molecule has 0 amide bonds. The van der Waals surface area contributed by atoms with Crippen molar-refractivity contribution in [3.63, 3.8) is 0 Å². The summed E-state index contributed by atoms with van der Waals surface area (Å²) in [7, 11) is 0. The second kappa shape index (κ2) is 3.42. The molecule has 1 aromatic carbocycles. The molecule has 14 heavy (non-hydrogen) atoms. The molecule has 2 aromatic rings. The first-order valence-electron chi connectivity index (χ1n) is 4.40. The Morgan fingerprint density at radius 3 is 2.57 bits per heavy atom. The normalized spacial score (nSPS) is 10.4. The fraction of sp³-hybridized carbons (Fsp3) is 0.182. The molecule has 1 N–H and O–H groups in total. The zero-order valence-corrected chi connectivity index (χ0v) is 8.93. The van der Waals surface area contributed by atoms with Gasteiger partial charge < -0.3 is 5.11 Å². The number of phenols is 1. The molecule has 0 aliphatic rings. The monoisotopic (exact) mass is 205 g/mol. The van der Waals surface area contributed by atoms with Gasteiger partial charge in [-0.3, -0.25) is 0 Å². The smallest absolute Gasteiger partial charge is 0.115 e. The van der Waals surface area contributed by atoms with Gasteiger partial charge in [-0.25, -0.2) is 0 Å². The maximum Gasteiger partial charge on any atom is 0.115 e. The third-order valence-electron chi connectivity index (χ3n) is 2.10. The predicted molar refractivity (Wildman–Crippen MR) is 58.7 cm³/mol. The third kappa shape index (κ3) is 1.63. The maximum absolute atomic E-state index is 9.28. The van der Waals surface area contributed by atoms with Crippen LogP contribution in [0.15, 0.2) is 24.3 Å². The number of hydrogen-bond acceptors (Lipinski definition) is 3. The maximum atomic E-state index is 9.28. The van der Waals surface area contributed by atoms with Crippen molar-refractivity contribution in [3.8, 4) is 16.2 Å². The Morgan fingerprint density at radius 1 is 1.21 bits per heavy atom. The van der Waals surface area contributed by atoms with Gasteiger partial charge in [0, 0.05) is 0 Å². The standard InChI is InChI=1S/C11H11NOS/c1-7-5-9(13)3-4-10(7)11-6-8(2)12-14-11/h3-6,13H,1-2H3. The molecule has 0 saturated heterocycles. The quantitative estimate of drug-likeness (QED) is 0.775. The highest BCUT2D eigenvalue weighted by Crippen LogP contribution is 2.29. The van der Waals surface area contributed by atoms with Crippen LogP contribution in [-0.4, -0.2) is 9.48 Å². The lowest BCUT2D eigenvalue weighted by Crippen LogP contribution is -1.78. The van der Waals surface area contributed by atoms with E-state index in [0.29, 0.717) is 5.75 Å². The molecule has 72 valence electrons. The van der Waals surface area contributed by atoms with Gasteiger partial charge in [0.1, 0.15) is 5.75 Å². The van der Waals surface area contributed by atoms with Gasteiger partial charge in [-0.1, -0.05) is 0 Å². The van der Waals surface area contributed by atoms with Crippen LogP contribution in [0.4, 0.5) is 0 Å². The van der Waals surface area contributed by atoms with Crippen molar-refractivity contribution in [1.82, 2.24) is 4.37 Å². The largest absolute Gasteiger partial charge is 0.508 e. The second-order valence-electron chi connectivity index (χ2n) is 3.33. The molecular weight excluding hydrogens is 194 g/mol. The van der Waals surface area contributed by atoms with Gasteiger partial charge in [0.15, 0.2) is 0 Å². The summed E-state index contributed by atoms with van der Waals surface area (Å²) in [5.74, 6) is 0.312. The number of benzene rings is 1. The Morgan fingerprint density at radius 2 is 2.00 bits per heavy atom. The average Bonchev–Trinajstić information content (AvgIpc) is 2.51. The van der Waals surface area contributed by atoms with Crippen LogP contribution in [0, 0.1) is 13.8 Å². The molecule has 0 aliphatic carbocycles. The molecule has 2 nitrogen and oxygen atoms in total. The van der Waals surface area contributed by atoms with E-state index in [9.17, 15) is 5.11 Å². The lowest BCUT2D eigenvalue weighted by Gasteiger charge is -2.02. The lowest BCUT2D eigenvalue weighted by molar-refractivity contribution is 0.475. The van der Waals surface area contributed by atoms with Crippen molar-refractivity contribution in [1.29, 1.82) is 0 Å². The number of nitrogens with zero attached hydrogens (tertiary/aromatic N) is 1. The molecule has 1 heterocycles. The zero-order chi connectivity index (χ0) is 10.1. The molecular formula is C11H11NOS. The lowest BCUT2D eigenvalue weighted by atomic mass is 10.1. The highest BCUT2D eigenvalue weighted by Gasteiger charge is 2.05. The number of aromatic nitrogens is 1. The molecule has 0 spiro atoms. The van der Waals surface area contributed by atoms with E-state index in [4.69, 9.17) is 0 Å². The van der Waals surface area contributed by atoms with E-state index in [1.165, 1.54) is 11.5 Å². The van der Waals surface area contributed by atoms with Gasteiger partial charge in [0.05, 0.1) is 10.6 Å². The molecule has 0 saturated carbocycles. The third-order valence-corrected chi connectivity index (χ3v) is 3.02. The van der Waals surface area contributed by atoms with E-state index in [1.54, 1.807) is 12.1 Å². The topological polar surface area (TPSA) is 33.1 Å². The van der Waals surface area contributed by atoms with E-state index >= 15 is 0 Å². The number of aryl methyl sites for hydroxylation is 2. The van der Waals surface area contributed by atoms with Crippen LogP contribution in [0.25, 0.3) is 10.4 Å². The van der Waals surface area contributed by atoms with Gasteiger partial charge in [-0.2, -0.15) is 4.37 Å². The first-order valence-corrected chi connectivity index (χ1v) is 5.17. The highest BCUT2D eigenvalue weighted by molar-refractivity contribution is 7.09. The van der Waals surface area contributed by atoms with Crippen molar-refractivity contribution >= 4 is 11.5 Å². The minimum atomic E-state index is 0.312. The molecule has 0 fully saturated rings. The minimum Gasteiger partial charge on any atom is -0.508 e. The van der Waals surface area contributed by atoms with E-state index in [0.717, 1.165) is 21.7 Å². The summed E-state index contributed by atoms with van der Waals surface area (Å²) in [4.78, 5) is 1.15. The van der Waals surface area contributed by atoms with Gasteiger partial charge in [-0.15, -0.1) is 0 Å². The molecule has 0 atom stereocenters. The van der Waals surface area contributed by atoms with Gasteiger partial charge >= 0.3 is 0 Å². The minimum absolute atomic E-state index is 0.312. The van der Waals surface area contributed by atoms with Crippen LogP contribution < -0.4 is 0 Å².